The molecule has 0 radical (unpaired) electrons. The van der Waals surface area contributed by atoms with Crippen LogP contribution in [0.3, 0.4) is 0 Å². The van der Waals surface area contributed by atoms with Crippen molar-refractivity contribution in [2.24, 2.45) is 5.73 Å². The van der Waals surface area contributed by atoms with Gasteiger partial charge in [0.2, 0.25) is 0 Å². The zero-order valence-electron chi connectivity index (χ0n) is 17.1. The normalized spacial score (nSPS) is 15.8. The molecule has 5 heteroatoms. The van der Waals surface area contributed by atoms with Crippen LogP contribution >= 0.6 is 0 Å². The molecule has 1 aromatic carbocycles. The van der Waals surface area contributed by atoms with Gasteiger partial charge in [0, 0.05) is 12.1 Å². The molecule has 0 saturated carbocycles. The van der Waals surface area contributed by atoms with Crippen LogP contribution in [0.15, 0.2) is 34.0 Å². The lowest BCUT2D eigenvalue weighted by molar-refractivity contribution is 0.160. The van der Waals surface area contributed by atoms with E-state index in [1.165, 1.54) is 0 Å². The quantitative estimate of drug-likeness (QED) is 0.543. The second-order valence-electron chi connectivity index (χ2n) is 7.68. The molecule has 28 heavy (non-hydrogen) atoms. The monoisotopic (exact) mass is 383 g/mol. The minimum atomic E-state index is -0.482. The number of ether oxygens (including phenoxy) is 2. The van der Waals surface area contributed by atoms with Crippen molar-refractivity contribution in [3.8, 4) is 11.5 Å². The van der Waals surface area contributed by atoms with Gasteiger partial charge >= 0.3 is 5.63 Å². The largest absolute Gasteiger partial charge is 0.488 e. The lowest BCUT2D eigenvalue weighted by Crippen LogP contribution is -2.28. The molecule has 1 unspecified atom stereocenters. The van der Waals surface area contributed by atoms with E-state index in [2.05, 4.69) is 13.5 Å². The lowest BCUT2D eigenvalue weighted by atomic mass is 9.91. The SMILES string of the molecule is C=CCOc1c2c(c3c(CCC)cc(=O)oc3c1C(N)CC)OC(C)(C)C=C2. The predicted octanol–water partition coefficient (Wildman–Crippen LogP) is 4.90. The summed E-state index contributed by atoms with van der Waals surface area (Å²) in [5.41, 5.74) is 8.51. The molecule has 2 N–H and O–H groups in total. The van der Waals surface area contributed by atoms with Crippen molar-refractivity contribution in [2.45, 2.75) is 58.6 Å². The number of benzene rings is 1. The molecule has 0 bridgehead atoms. The van der Waals surface area contributed by atoms with Gasteiger partial charge in [-0.2, -0.15) is 0 Å². The molecule has 2 aromatic rings. The van der Waals surface area contributed by atoms with E-state index in [0.717, 1.165) is 29.4 Å². The summed E-state index contributed by atoms with van der Waals surface area (Å²) in [5.74, 6) is 1.28. The summed E-state index contributed by atoms with van der Waals surface area (Å²) in [4.78, 5) is 12.3. The maximum Gasteiger partial charge on any atom is 0.336 e. The summed E-state index contributed by atoms with van der Waals surface area (Å²) in [6.07, 6.45) is 8.02. The Bertz CT molecular complexity index is 984. The van der Waals surface area contributed by atoms with Crippen molar-refractivity contribution in [2.75, 3.05) is 6.61 Å². The van der Waals surface area contributed by atoms with Crippen LogP contribution in [0.5, 0.6) is 11.5 Å². The maximum absolute atomic E-state index is 12.3. The van der Waals surface area contributed by atoms with Crippen LogP contribution in [0.1, 0.15) is 63.3 Å². The van der Waals surface area contributed by atoms with Crippen molar-refractivity contribution in [1.29, 1.82) is 0 Å². The van der Waals surface area contributed by atoms with Gasteiger partial charge in [0.25, 0.3) is 0 Å². The summed E-state index contributed by atoms with van der Waals surface area (Å²) in [5, 5.41) is 0.818. The Hall–Kier alpha value is -2.53. The Balaban J connectivity index is 2.50. The zero-order chi connectivity index (χ0) is 20.5. The topological polar surface area (TPSA) is 74.7 Å². The third-order valence-electron chi connectivity index (χ3n) is 4.94. The number of hydrogen-bond acceptors (Lipinski definition) is 5. The smallest absolute Gasteiger partial charge is 0.336 e. The summed E-state index contributed by atoms with van der Waals surface area (Å²) in [6, 6.07) is 1.22. The first kappa shape index (κ1) is 20.2. The van der Waals surface area contributed by atoms with Gasteiger partial charge < -0.3 is 19.6 Å². The highest BCUT2D eigenvalue weighted by Gasteiger charge is 2.32. The second-order valence-corrected chi connectivity index (χ2v) is 7.68. The van der Waals surface area contributed by atoms with E-state index in [4.69, 9.17) is 19.6 Å². The molecule has 1 aromatic heterocycles. The van der Waals surface area contributed by atoms with Gasteiger partial charge in [0.05, 0.1) is 16.5 Å². The van der Waals surface area contributed by atoms with E-state index < -0.39 is 5.60 Å². The Kier molecular flexibility index (Phi) is 5.66. The molecular formula is C23H29NO4. The van der Waals surface area contributed by atoms with Crippen LogP contribution < -0.4 is 20.8 Å². The Labute approximate surface area is 165 Å². The first-order chi connectivity index (χ1) is 13.3. The van der Waals surface area contributed by atoms with E-state index >= 15 is 0 Å². The van der Waals surface area contributed by atoms with Crippen molar-refractivity contribution in [1.82, 2.24) is 0 Å². The molecule has 1 aliphatic heterocycles. The summed E-state index contributed by atoms with van der Waals surface area (Å²) in [7, 11) is 0. The number of aryl methyl sites for hydroxylation is 1. The van der Waals surface area contributed by atoms with Gasteiger partial charge in [0.15, 0.2) is 5.58 Å². The third-order valence-corrected chi connectivity index (χ3v) is 4.94. The fraction of sp³-hybridized carbons (Fsp3) is 0.435. The van der Waals surface area contributed by atoms with E-state index in [-0.39, 0.29) is 11.7 Å². The molecule has 0 amide bonds. The van der Waals surface area contributed by atoms with Crippen molar-refractivity contribution < 1.29 is 13.9 Å². The predicted molar refractivity (Wildman–Crippen MR) is 113 cm³/mol. The highest BCUT2D eigenvalue weighted by molar-refractivity contribution is 5.97. The molecule has 0 aliphatic carbocycles. The molecule has 3 rings (SSSR count). The first-order valence-electron chi connectivity index (χ1n) is 9.87. The van der Waals surface area contributed by atoms with Gasteiger partial charge in [-0.05, 0) is 44.4 Å². The maximum atomic E-state index is 12.3. The zero-order valence-corrected chi connectivity index (χ0v) is 17.1. The molecule has 0 saturated heterocycles. The molecule has 5 nitrogen and oxygen atoms in total. The minimum Gasteiger partial charge on any atom is -0.488 e. The molecule has 0 fully saturated rings. The fourth-order valence-corrected chi connectivity index (χ4v) is 3.61. The lowest BCUT2D eigenvalue weighted by Gasteiger charge is -2.31. The van der Waals surface area contributed by atoms with Gasteiger partial charge in [-0.3, -0.25) is 0 Å². The number of rotatable bonds is 7. The average molecular weight is 383 g/mol. The number of nitrogens with two attached hydrogens (primary N) is 1. The average Bonchev–Trinajstić information content (AvgIpc) is 2.64. The van der Waals surface area contributed by atoms with Crippen LogP contribution in [0.25, 0.3) is 17.0 Å². The second kappa shape index (κ2) is 7.84. The highest BCUT2D eigenvalue weighted by atomic mass is 16.5. The Morgan fingerprint density at radius 2 is 2.11 bits per heavy atom. The fourth-order valence-electron chi connectivity index (χ4n) is 3.61. The highest BCUT2D eigenvalue weighted by Crippen LogP contribution is 2.48. The van der Waals surface area contributed by atoms with Crippen LogP contribution in [0.4, 0.5) is 0 Å². The number of hydrogen-bond donors (Lipinski definition) is 1. The summed E-state index contributed by atoms with van der Waals surface area (Å²) < 4.78 is 18.1. The van der Waals surface area contributed by atoms with Crippen LogP contribution in [0.2, 0.25) is 0 Å². The van der Waals surface area contributed by atoms with E-state index in [9.17, 15) is 4.79 Å². The Morgan fingerprint density at radius 1 is 1.36 bits per heavy atom. The van der Waals surface area contributed by atoms with E-state index in [0.29, 0.717) is 35.7 Å². The number of fused-ring (bicyclic) bond motifs is 3. The molecule has 1 atom stereocenters. The van der Waals surface area contributed by atoms with Crippen LogP contribution in [-0.4, -0.2) is 12.2 Å². The van der Waals surface area contributed by atoms with Gasteiger partial charge in [-0.25, -0.2) is 4.79 Å². The molecular weight excluding hydrogens is 354 g/mol. The molecule has 2 heterocycles. The summed E-state index contributed by atoms with van der Waals surface area (Å²) in [6.45, 7) is 12.1. The van der Waals surface area contributed by atoms with E-state index in [1.807, 2.05) is 32.9 Å². The first-order valence-corrected chi connectivity index (χ1v) is 9.87. The van der Waals surface area contributed by atoms with Gasteiger partial charge in [-0.15, -0.1) is 0 Å². The minimum absolute atomic E-state index is 0.317. The van der Waals surface area contributed by atoms with Crippen molar-refractivity contribution >= 4 is 17.0 Å². The van der Waals surface area contributed by atoms with Crippen LogP contribution in [0, 0.1) is 0 Å². The van der Waals surface area contributed by atoms with Crippen LogP contribution in [-0.2, 0) is 6.42 Å². The Morgan fingerprint density at radius 3 is 2.75 bits per heavy atom. The molecule has 1 aliphatic rings. The molecule has 150 valence electrons. The van der Waals surface area contributed by atoms with Crippen molar-refractivity contribution in [3.05, 3.63) is 51.9 Å². The molecule has 0 spiro atoms. The van der Waals surface area contributed by atoms with E-state index in [1.54, 1.807) is 12.1 Å². The van der Waals surface area contributed by atoms with Gasteiger partial charge in [-0.1, -0.05) is 32.9 Å². The summed E-state index contributed by atoms with van der Waals surface area (Å²) >= 11 is 0. The standard InChI is InChI=1S/C23H29NO4/c1-6-9-14-13-17(25)27-22-18(14)21-15(10-11-23(4,5)28-21)20(26-12-7-2)19(22)16(24)8-3/h7,10-11,13,16H,2,6,8-9,12,24H2,1,3-5H3. The van der Waals surface area contributed by atoms with Crippen molar-refractivity contribution in [3.63, 3.8) is 0 Å². The van der Waals surface area contributed by atoms with Gasteiger partial charge in [0.1, 0.15) is 23.7 Å². The third kappa shape index (κ3) is 3.59.